The molecule has 8 nitrogen and oxygen atoms in total. The van der Waals surface area contributed by atoms with Crippen LogP contribution in [0.25, 0.3) is 0 Å². The van der Waals surface area contributed by atoms with Gasteiger partial charge in [-0.1, -0.05) is 11.6 Å². The van der Waals surface area contributed by atoms with Crippen molar-refractivity contribution in [1.82, 2.24) is 5.43 Å². The molecule has 176 valence electrons. The number of halogens is 1. The highest BCUT2D eigenvalue weighted by Crippen LogP contribution is 2.29. The molecule has 0 aliphatic rings. The van der Waals surface area contributed by atoms with E-state index in [4.69, 9.17) is 30.5 Å². The number of carbonyl (C=O) groups is 2. The Morgan fingerprint density at radius 1 is 0.941 bits per heavy atom. The summed E-state index contributed by atoms with van der Waals surface area (Å²) in [6.07, 6.45) is 1.44. The average molecular weight is 483 g/mol. The third kappa shape index (κ3) is 7.25. The zero-order valence-corrected chi connectivity index (χ0v) is 19.4. The highest BCUT2D eigenvalue weighted by atomic mass is 35.5. The van der Waals surface area contributed by atoms with Crippen LogP contribution in [0, 0.1) is 0 Å². The molecule has 3 rings (SSSR count). The molecule has 0 spiro atoms. The van der Waals surface area contributed by atoms with Crippen LogP contribution in [0.4, 0.5) is 0 Å². The van der Waals surface area contributed by atoms with Gasteiger partial charge in [-0.2, -0.15) is 5.10 Å². The molecule has 0 saturated carbocycles. The molecule has 0 fully saturated rings. The first kappa shape index (κ1) is 24.6. The fourth-order valence-corrected chi connectivity index (χ4v) is 2.86. The molecular weight excluding hydrogens is 460 g/mol. The number of esters is 1. The van der Waals surface area contributed by atoms with Gasteiger partial charge in [-0.25, -0.2) is 10.2 Å². The molecule has 0 saturated heterocycles. The van der Waals surface area contributed by atoms with Gasteiger partial charge in [-0.3, -0.25) is 4.79 Å². The van der Waals surface area contributed by atoms with E-state index in [1.807, 2.05) is 6.92 Å². The largest absolute Gasteiger partial charge is 0.497 e. The smallest absolute Gasteiger partial charge is 0.343 e. The predicted molar refractivity (Wildman–Crippen MR) is 128 cm³/mol. The Bertz CT molecular complexity index is 1150. The minimum absolute atomic E-state index is 0.205. The highest BCUT2D eigenvalue weighted by Gasteiger charge is 2.13. The van der Waals surface area contributed by atoms with Gasteiger partial charge in [0, 0.05) is 5.02 Å². The molecule has 0 atom stereocenters. The van der Waals surface area contributed by atoms with Crippen LogP contribution in [-0.4, -0.2) is 38.4 Å². The van der Waals surface area contributed by atoms with Crippen molar-refractivity contribution < 1.29 is 28.5 Å². The number of hydrogen-bond acceptors (Lipinski definition) is 7. The van der Waals surface area contributed by atoms with Gasteiger partial charge >= 0.3 is 5.97 Å². The first-order chi connectivity index (χ1) is 16.5. The monoisotopic (exact) mass is 482 g/mol. The van der Waals surface area contributed by atoms with E-state index in [0.29, 0.717) is 40.0 Å². The quantitative estimate of drug-likeness (QED) is 0.198. The number of nitrogens with one attached hydrogen (secondary N) is 1. The SMILES string of the molecule is CCOc1cc(/C=N/NC(=O)COc2ccc(Cl)cc2)ccc1OC(=O)c1ccc(OC)cc1. The highest BCUT2D eigenvalue weighted by molar-refractivity contribution is 6.30. The van der Waals surface area contributed by atoms with E-state index < -0.39 is 11.9 Å². The van der Waals surface area contributed by atoms with Crippen molar-refractivity contribution >= 4 is 29.7 Å². The Morgan fingerprint density at radius 3 is 2.32 bits per heavy atom. The first-order valence-corrected chi connectivity index (χ1v) is 10.7. The first-order valence-electron chi connectivity index (χ1n) is 10.3. The zero-order valence-electron chi connectivity index (χ0n) is 18.6. The van der Waals surface area contributed by atoms with E-state index >= 15 is 0 Å². The summed E-state index contributed by atoms with van der Waals surface area (Å²) < 4.78 is 21.5. The van der Waals surface area contributed by atoms with Gasteiger partial charge in [0.05, 0.1) is 25.5 Å². The molecule has 3 aromatic rings. The Kier molecular flexibility index (Phi) is 8.88. The molecule has 0 radical (unpaired) electrons. The lowest BCUT2D eigenvalue weighted by molar-refractivity contribution is -0.123. The number of hydrogen-bond donors (Lipinski definition) is 1. The van der Waals surface area contributed by atoms with Crippen LogP contribution >= 0.6 is 11.6 Å². The minimum atomic E-state index is -0.530. The molecule has 0 heterocycles. The molecule has 9 heteroatoms. The molecule has 1 amide bonds. The van der Waals surface area contributed by atoms with E-state index in [-0.39, 0.29) is 12.4 Å². The summed E-state index contributed by atoms with van der Waals surface area (Å²) in [6.45, 7) is 1.98. The van der Waals surface area contributed by atoms with Gasteiger partial charge in [0.25, 0.3) is 5.91 Å². The zero-order chi connectivity index (χ0) is 24.3. The summed E-state index contributed by atoms with van der Waals surface area (Å²) >= 11 is 5.81. The van der Waals surface area contributed by atoms with Gasteiger partial charge in [-0.05, 0) is 79.2 Å². The third-order valence-corrected chi connectivity index (χ3v) is 4.63. The standard InChI is InChI=1S/C25H23ClN2O6/c1-3-32-23-14-17(15-27-28-24(29)16-33-21-11-7-19(26)8-12-21)4-13-22(23)34-25(30)18-5-9-20(31-2)10-6-18/h4-15H,3,16H2,1-2H3,(H,28,29)/b27-15+. The Labute approximate surface area is 202 Å². The van der Waals surface area contributed by atoms with Gasteiger partial charge in [-0.15, -0.1) is 0 Å². The van der Waals surface area contributed by atoms with E-state index in [2.05, 4.69) is 10.5 Å². The van der Waals surface area contributed by atoms with Crippen LogP contribution in [0.15, 0.2) is 71.8 Å². The maximum Gasteiger partial charge on any atom is 0.343 e. The molecule has 0 aromatic heterocycles. The van der Waals surface area contributed by atoms with Crippen LogP contribution in [-0.2, 0) is 4.79 Å². The van der Waals surface area contributed by atoms with E-state index in [0.717, 1.165) is 0 Å². The van der Waals surface area contributed by atoms with Crippen LogP contribution in [0.5, 0.6) is 23.0 Å². The summed E-state index contributed by atoms with van der Waals surface area (Å²) in [5, 5.41) is 4.50. The summed E-state index contributed by atoms with van der Waals surface area (Å²) in [4.78, 5) is 24.4. The second-order valence-electron chi connectivity index (χ2n) is 6.79. The number of ether oxygens (including phenoxy) is 4. The van der Waals surface area contributed by atoms with Gasteiger partial charge in [0.15, 0.2) is 18.1 Å². The Morgan fingerprint density at radius 2 is 1.65 bits per heavy atom. The number of nitrogens with zero attached hydrogens (tertiary/aromatic N) is 1. The minimum Gasteiger partial charge on any atom is -0.497 e. The van der Waals surface area contributed by atoms with E-state index in [9.17, 15) is 9.59 Å². The van der Waals surface area contributed by atoms with E-state index in [1.165, 1.54) is 6.21 Å². The predicted octanol–water partition coefficient (Wildman–Crippen LogP) is 4.50. The number of methoxy groups -OCH3 is 1. The number of benzene rings is 3. The van der Waals surface area contributed by atoms with Crippen molar-refractivity contribution in [3.63, 3.8) is 0 Å². The third-order valence-electron chi connectivity index (χ3n) is 4.38. The maximum atomic E-state index is 12.5. The van der Waals surface area contributed by atoms with Crippen LogP contribution in [0.3, 0.4) is 0 Å². The number of amides is 1. The lowest BCUT2D eigenvalue weighted by Gasteiger charge is -2.11. The van der Waals surface area contributed by atoms with Gasteiger partial charge in [0.2, 0.25) is 0 Å². The van der Waals surface area contributed by atoms with Crippen molar-refractivity contribution in [3.05, 3.63) is 82.9 Å². The molecule has 0 bridgehead atoms. The van der Waals surface area contributed by atoms with Gasteiger partial charge in [0.1, 0.15) is 11.5 Å². The lowest BCUT2D eigenvalue weighted by Crippen LogP contribution is -2.24. The number of hydrazone groups is 1. The van der Waals surface area contributed by atoms with E-state index in [1.54, 1.807) is 73.8 Å². The Balaban J connectivity index is 1.58. The Hall–Kier alpha value is -4.04. The average Bonchev–Trinajstić information content (AvgIpc) is 2.85. The molecule has 0 unspecified atom stereocenters. The van der Waals surface area contributed by atoms with Crippen LogP contribution < -0.4 is 24.4 Å². The van der Waals surface area contributed by atoms with Crippen LogP contribution in [0.1, 0.15) is 22.8 Å². The molecular formula is C25H23ClN2O6. The molecule has 1 N–H and O–H groups in total. The lowest BCUT2D eigenvalue weighted by atomic mass is 10.2. The number of rotatable bonds is 10. The molecule has 0 aliphatic carbocycles. The van der Waals surface area contributed by atoms with Crippen molar-refractivity contribution in [2.24, 2.45) is 5.10 Å². The summed E-state index contributed by atoms with van der Waals surface area (Å²) in [5.41, 5.74) is 3.39. The molecule has 3 aromatic carbocycles. The number of carbonyl (C=O) groups excluding carboxylic acids is 2. The summed E-state index contributed by atoms with van der Waals surface area (Å²) in [5.74, 6) is 0.827. The molecule has 0 aliphatic heterocycles. The topological polar surface area (TPSA) is 95.5 Å². The fourth-order valence-electron chi connectivity index (χ4n) is 2.73. The summed E-state index contributed by atoms with van der Waals surface area (Å²) in [6, 6.07) is 18.2. The van der Waals surface area contributed by atoms with Crippen molar-refractivity contribution in [1.29, 1.82) is 0 Å². The molecule has 34 heavy (non-hydrogen) atoms. The second-order valence-corrected chi connectivity index (χ2v) is 7.23. The fraction of sp³-hybridized carbons (Fsp3) is 0.160. The van der Waals surface area contributed by atoms with Gasteiger partial charge < -0.3 is 18.9 Å². The van der Waals surface area contributed by atoms with Crippen molar-refractivity contribution in [2.45, 2.75) is 6.92 Å². The van der Waals surface area contributed by atoms with Crippen molar-refractivity contribution in [3.8, 4) is 23.0 Å². The van der Waals surface area contributed by atoms with Crippen molar-refractivity contribution in [2.75, 3.05) is 20.3 Å². The normalized spacial score (nSPS) is 10.6. The van der Waals surface area contributed by atoms with Crippen LogP contribution in [0.2, 0.25) is 5.02 Å². The maximum absolute atomic E-state index is 12.5. The summed E-state index contributed by atoms with van der Waals surface area (Å²) in [7, 11) is 1.55. The second kappa shape index (κ2) is 12.3.